The Labute approximate surface area is 197 Å². The van der Waals surface area contributed by atoms with Crippen LogP contribution in [-0.2, 0) is 10.2 Å². The summed E-state index contributed by atoms with van der Waals surface area (Å²) in [6.45, 7) is 14.9. The van der Waals surface area contributed by atoms with E-state index in [1.807, 2.05) is 18.1 Å². The van der Waals surface area contributed by atoms with Gasteiger partial charge in [-0.15, -0.1) is 5.10 Å². The zero-order chi connectivity index (χ0) is 24.4. The van der Waals surface area contributed by atoms with Gasteiger partial charge in [-0.3, -0.25) is 4.79 Å². The first kappa shape index (κ1) is 24.6. The minimum Gasteiger partial charge on any atom is -0.338 e. The van der Waals surface area contributed by atoms with Crippen LogP contribution in [0.15, 0.2) is 6.20 Å². The number of alkyl halides is 2. The van der Waals surface area contributed by atoms with Crippen LogP contribution < -0.4 is 0 Å². The molecule has 0 spiro atoms. The summed E-state index contributed by atoms with van der Waals surface area (Å²) in [5.74, 6) is -2.82. The van der Waals surface area contributed by atoms with Crippen LogP contribution in [0.5, 0.6) is 0 Å². The van der Waals surface area contributed by atoms with Crippen molar-refractivity contribution < 1.29 is 13.6 Å². The standard InChI is InChI=1S/C25H41F2N5O/c1-17-9-8-10-31(17)21(33)20(22(2,3)4)32-13-19(28-29-32)24(6)14-23(5,15-24)16-30(7)12-18-11-25(18,26)27/h13,17-18,20H,8-12,14-16H2,1-7H3/t17?,18-,20?,23?,24?/m1/s1. The predicted molar refractivity (Wildman–Crippen MR) is 124 cm³/mol. The molecule has 8 heteroatoms. The monoisotopic (exact) mass is 465 g/mol. The Morgan fingerprint density at radius 3 is 2.45 bits per heavy atom. The van der Waals surface area contributed by atoms with Crippen molar-refractivity contribution >= 4 is 5.91 Å². The highest BCUT2D eigenvalue weighted by Gasteiger charge is 2.57. The van der Waals surface area contributed by atoms with Crippen LogP contribution in [0.4, 0.5) is 8.78 Å². The molecular weight excluding hydrogens is 424 g/mol. The quantitative estimate of drug-likeness (QED) is 0.594. The Balaban J connectivity index is 1.43. The minimum absolute atomic E-state index is 0.0265. The number of hydrogen-bond donors (Lipinski definition) is 0. The van der Waals surface area contributed by atoms with E-state index < -0.39 is 11.8 Å². The Hall–Kier alpha value is -1.57. The molecule has 2 aliphatic carbocycles. The third-order valence-electron chi connectivity index (χ3n) is 8.06. The number of likely N-dealkylation sites (tertiary alicyclic amines) is 1. The van der Waals surface area contributed by atoms with E-state index >= 15 is 0 Å². The van der Waals surface area contributed by atoms with Gasteiger partial charge in [0.25, 0.3) is 5.92 Å². The number of rotatable bonds is 7. The third-order valence-corrected chi connectivity index (χ3v) is 8.06. The van der Waals surface area contributed by atoms with E-state index in [1.54, 1.807) is 4.68 Å². The zero-order valence-electron chi connectivity index (χ0n) is 21.4. The summed E-state index contributed by atoms with van der Waals surface area (Å²) in [7, 11) is 1.95. The molecule has 2 heterocycles. The lowest BCUT2D eigenvalue weighted by molar-refractivity contribution is -0.139. The fraction of sp³-hybridized carbons (Fsp3) is 0.880. The van der Waals surface area contributed by atoms with Gasteiger partial charge in [0.1, 0.15) is 6.04 Å². The highest BCUT2D eigenvalue weighted by molar-refractivity contribution is 5.81. The number of hydrogen-bond acceptors (Lipinski definition) is 4. The molecule has 2 saturated carbocycles. The van der Waals surface area contributed by atoms with Crippen LogP contribution in [0.1, 0.15) is 85.4 Å². The molecule has 3 atom stereocenters. The lowest BCUT2D eigenvalue weighted by atomic mass is 9.53. The van der Waals surface area contributed by atoms with Crippen molar-refractivity contribution in [1.82, 2.24) is 24.8 Å². The Kier molecular flexibility index (Phi) is 5.95. The van der Waals surface area contributed by atoms with E-state index in [2.05, 4.69) is 56.8 Å². The summed E-state index contributed by atoms with van der Waals surface area (Å²) in [4.78, 5) is 17.5. The summed E-state index contributed by atoms with van der Waals surface area (Å²) in [5.41, 5.74) is 0.603. The van der Waals surface area contributed by atoms with Gasteiger partial charge in [-0.1, -0.05) is 39.8 Å². The molecule has 0 N–H and O–H groups in total. The van der Waals surface area contributed by atoms with Crippen molar-refractivity contribution in [2.75, 3.05) is 26.7 Å². The molecule has 2 unspecified atom stereocenters. The van der Waals surface area contributed by atoms with Gasteiger partial charge < -0.3 is 9.80 Å². The maximum atomic E-state index is 13.5. The van der Waals surface area contributed by atoms with Crippen LogP contribution in [0.25, 0.3) is 0 Å². The first-order chi connectivity index (χ1) is 15.1. The maximum Gasteiger partial charge on any atom is 0.252 e. The van der Waals surface area contributed by atoms with E-state index in [0.29, 0.717) is 6.54 Å². The Morgan fingerprint density at radius 1 is 1.30 bits per heavy atom. The van der Waals surface area contributed by atoms with Crippen molar-refractivity contribution in [1.29, 1.82) is 0 Å². The Morgan fingerprint density at radius 2 is 1.94 bits per heavy atom. The normalized spacial score (nSPS) is 34.4. The predicted octanol–water partition coefficient (Wildman–Crippen LogP) is 4.52. The number of amides is 1. The number of carbonyl (C=O) groups is 1. The van der Waals surface area contributed by atoms with Crippen LogP contribution in [0.3, 0.4) is 0 Å². The summed E-state index contributed by atoms with van der Waals surface area (Å²) in [6.07, 6.45) is 5.97. The lowest BCUT2D eigenvalue weighted by Gasteiger charge is -2.53. The second-order valence-corrected chi connectivity index (χ2v) is 13.0. The minimum atomic E-state index is -2.46. The fourth-order valence-corrected chi connectivity index (χ4v) is 6.66. The highest BCUT2D eigenvalue weighted by atomic mass is 19.3. The van der Waals surface area contributed by atoms with Crippen LogP contribution in [0, 0.1) is 16.7 Å². The van der Waals surface area contributed by atoms with Gasteiger partial charge in [-0.2, -0.15) is 0 Å². The molecular formula is C25H41F2N5O. The molecule has 3 aliphatic rings. The summed E-state index contributed by atoms with van der Waals surface area (Å²) < 4.78 is 28.4. The van der Waals surface area contributed by atoms with Crippen molar-refractivity contribution in [2.24, 2.45) is 16.7 Å². The van der Waals surface area contributed by atoms with Crippen molar-refractivity contribution in [3.8, 4) is 0 Å². The van der Waals surface area contributed by atoms with E-state index in [9.17, 15) is 13.6 Å². The van der Waals surface area contributed by atoms with Gasteiger partial charge in [0.2, 0.25) is 5.91 Å². The first-order valence-electron chi connectivity index (χ1n) is 12.4. The number of halogens is 2. The summed E-state index contributed by atoms with van der Waals surface area (Å²) >= 11 is 0. The largest absolute Gasteiger partial charge is 0.338 e. The van der Waals surface area contributed by atoms with Crippen LogP contribution in [-0.4, -0.2) is 69.3 Å². The maximum absolute atomic E-state index is 13.5. The van der Waals surface area contributed by atoms with E-state index in [-0.39, 0.29) is 40.7 Å². The second kappa shape index (κ2) is 7.99. The average molecular weight is 466 g/mol. The number of nitrogens with zero attached hydrogens (tertiary/aromatic N) is 5. The first-order valence-corrected chi connectivity index (χ1v) is 12.4. The molecule has 186 valence electrons. The summed E-state index contributed by atoms with van der Waals surface area (Å²) in [6, 6.07) is -0.122. The van der Waals surface area contributed by atoms with Gasteiger partial charge in [0.15, 0.2) is 0 Å². The van der Waals surface area contributed by atoms with Gasteiger partial charge in [0.05, 0.1) is 5.69 Å². The fourth-order valence-electron chi connectivity index (χ4n) is 6.66. The summed E-state index contributed by atoms with van der Waals surface area (Å²) in [5, 5.41) is 8.97. The lowest BCUT2D eigenvalue weighted by Crippen LogP contribution is -2.51. The molecule has 33 heavy (non-hydrogen) atoms. The third kappa shape index (κ3) is 4.82. The molecule has 6 nitrogen and oxygen atoms in total. The molecule has 1 amide bonds. The van der Waals surface area contributed by atoms with E-state index in [1.165, 1.54) is 0 Å². The SMILES string of the molecule is CC1CCCN1C(=O)C(n1cc(C2(C)CC(C)(CN(C)C[C@H]3CC3(F)F)C2)nn1)C(C)(C)C. The molecule has 0 radical (unpaired) electrons. The molecule has 0 aromatic carbocycles. The second-order valence-electron chi connectivity index (χ2n) is 13.0. The molecule has 1 aliphatic heterocycles. The topological polar surface area (TPSA) is 54.3 Å². The molecule has 4 rings (SSSR count). The van der Waals surface area contributed by atoms with E-state index in [4.69, 9.17) is 0 Å². The van der Waals surface area contributed by atoms with Gasteiger partial charge >= 0.3 is 0 Å². The molecule has 1 aromatic rings. The zero-order valence-corrected chi connectivity index (χ0v) is 21.4. The van der Waals surface area contributed by atoms with Gasteiger partial charge in [0, 0.05) is 49.6 Å². The molecule has 1 aromatic heterocycles. The Bertz CT molecular complexity index is 886. The van der Waals surface area contributed by atoms with Crippen molar-refractivity contribution in [3.05, 3.63) is 11.9 Å². The molecule has 3 fully saturated rings. The van der Waals surface area contributed by atoms with Gasteiger partial charge in [-0.25, -0.2) is 13.5 Å². The van der Waals surface area contributed by atoms with Crippen LogP contribution in [0.2, 0.25) is 0 Å². The van der Waals surface area contributed by atoms with Crippen molar-refractivity contribution in [3.63, 3.8) is 0 Å². The smallest absolute Gasteiger partial charge is 0.252 e. The number of aromatic nitrogens is 3. The molecule has 1 saturated heterocycles. The number of carbonyl (C=O) groups excluding carboxylic acids is 1. The van der Waals surface area contributed by atoms with Crippen LogP contribution >= 0.6 is 0 Å². The van der Waals surface area contributed by atoms with E-state index in [0.717, 1.165) is 44.5 Å². The average Bonchev–Trinajstić information content (AvgIpc) is 3.04. The molecule has 0 bridgehead atoms. The highest BCUT2D eigenvalue weighted by Crippen LogP contribution is 2.56. The van der Waals surface area contributed by atoms with Gasteiger partial charge in [-0.05, 0) is 50.5 Å². The van der Waals surface area contributed by atoms with Crippen molar-refractivity contribution in [2.45, 2.75) is 97.1 Å².